The zero-order valence-electron chi connectivity index (χ0n) is 10.4. The van der Waals surface area contributed by atoms with E-state index >= 15 is 0 Å². The molecule has 1 heterocycles. The van der Waals surface area contributed by atoms with Crippen molar-refractivity contribution in [3.8, 4) is 28.8 Å². The Balaban J connectivity index is 2.24. The van der Waals surface area contributed by atoms with Crippen LogP contribution in [0.3, 0.4) is 0 Å². The standard InChI is InChI=1S/C15H10N4O/c16-10-14-15(11-5-2-1-3-6-11)19(18-17-14)12-7-4-8-13(20)9-12/h1-9,20H. The van der Waals surface area contributed by atoms with Crippen molar-refractivity contribution < 1.29 is 5.11 Å². The normalized spacial score (nSPS) is 10.2. The fourth-order valence-electron chi connectivity index (χ4n) is 2.02. The SMILES string of the molecule is N#Cc1nnn(-c2cccc(O)c2)c1-c1ccccc1. The van der Waals surface area contributed by atoms with Crippen molar-refractivity contribution in [1.82, 2.24) is 15.0 Å². The summed E-state index contributed by atoms with van der Waals surface area (Å²) in [5.41, 5.74) is 2.36. The van der Waals surface area contributed by atoms with Crippen LogP contribution in [0, 0.1) is 11.3 Å². The van der Waals surface area contributed by atoms with Crippen molar-refractivity contribution in [2.24, 2.45) is 0 Å². The van der Waals surface area contributed by atoms with E-state index in [-0.39, 0.29) is 11.4 Å². The van der Waals surface area contributed by atoms with Crippen LogP contribution >= 0.6 is 0 Å². The Kier molecular flexibility index (Phi) is 2.90. The first-order chi connectivity index (χ1) is 9.79. The van der Waals surface area contributed by atoms with E-state index in [9.17, 15) is 10.4 Å². The van der Waals surface area contributed by atoms with Gasteiger partial charge >= 0.3 is 0 Å². The number of phenolic OH excluding ortho intramolecular Hbond substituents is 1. The number of rotatable bonds is 2. The second-order valence-electron chi connectivity index (χ2n) is 4.20. The van der Waals surface area contributed by atoms with Gasteiger partial charge < -0.3 is 5.11 Å². The molecular formula is C15H10N4O. The average molecular weight is 262 g/mol. The molecule has 0 amide bonds. The molecule has 0 aliphatic carbocycles. The third kappa shape index (κ3) is 1.99. The summed E-state index contributed by atoms with van der Waals surface area (Å²) in [4.78, 5) is 0. The van der Waals surface area contributed by atoms with Gasteiger partial charge in [0.1, 0.15) is 17.5 Å². The Bertz CT molecular complexity index is 787. The van der Waals surface area contributed by atoms with Crippen LogP contribution < -0.4 is 0 Å². The number of nitriles is 1. The van der Waals surface area contributed by atoms with E-state index in [1.165, 1.54) is 0 Å². The van der Waals surface area contributed by atoms with Crippen LogP contribution in [-0.2, 0) is 0 Å². The molecule has 1 N–H and O–H groups in total. The number of hydrogen-bond donors (Lipinski definition) is 1. The van der Waals surface area contributed by atoms with E-state index in [0.717, 1.165) is 5.56 Å². The van der Waals surface area contributed by atoms with Crippen LogP contribution in [0.4, 0.5) is 0 Å². The molecule has 3 aromatic rings. The summed E-state index contributed by atoms with van der Waals surface area (Å²) in [7, 11) is 0. The molecule has 96 valence electrons. The Labute approximate surface area is 115 Å². The minimum absolute atomic E-state index is 0.135. The van der Waals surface area contributed by atoms with Gasteiger partial charge in [-0.2, -0.15) is 5.26 Å². The maximum atomic E-state index is 9.57. The molecule has 2 aromatic carbocycles. The van der Waals surface area contributed by atoms with Crippen LogP contribution in [0.2, 0.25) is 0 Å². The predicted molar refractivity (Wildman–Crippen MR) is 73.2 cm³/mol. The number of phenols is 1. The monoisotopic (exact) mass is 262 g/mol. The lowest BCUT2D eigenvalue weighted by Gasteiger charge is -2.06. The lowest BCUT2D eigenvalue weighted by atomic mass is 10.1. The number of aromatic nitrogens is 3. The Morgan fingerprint density at radius 2 is 1.85 bits per heavy atom. The zero-order chi connectivity index (χ0) is 13.9. The lowest BCUT2D eigenvalue weighted by molar-refractivity contribution is 0.475. The molecule has 0 saturated carbocycles. The molecule has 0 bridgehead atoms. The van der Waals surface area contributed by atoms with E-state index in [1.807, 2.05) is 36.4 Å². The molecule has 20 heavy (non-hydrogen) atoms. The zero-order valence-corrected chi connectivity index (χ0v) is 10.4. The fourth-order valence-corrected chi connectivity index (χ4v) is 2.02. The van der Waals surface area contributed by atoms with Crippen LogP contribution in [0.5, 0.6) is 5.75 Å². The number of nitrogens with zero attached hydrogens (tertiary/aromatic N) is 4. The first-order valence-corrected chi connectivity index (χ1v) is 6.00. The first kappa shape index (κ1) is 11.9. The van der Waals surface area contributed by atoms with Crippen molar-refractivity contribution in [1.29, 1.82) is 5.26 Å². The smallest absolute Gasteiger partial charge is 0.191 e. The highest BCUT2D eigenvalue weighted by atomic mass is 16.3. The Hall–Kier alpha value is -3.13. The van der Waals surface area contributed by atoms with Crippen LogP contribution in [0.15, 0.2) is 54.6 Å². The lowest BCUT2D eigenvalue weighted by Crippen LogP contribution is -1.99. The molecule has 0 atom stereocenters. The molecule has 0 saturated heterocycles. The third-order valence-corrected chi connectivity index (χ3v) is 2.90. The van der Waals surface area contributed by atoms with E-state index in [4.69, 9.17) is 0 Å². The quantitative estimate of drug-likeness (QED) is 0.770. The van der Waals surface area contributed by atoms with Crippen molar-refractivity contribution in [3.05, 3.63) is 60.3 Å². The third-order valence-electron chi connectivity index (χ3n) is 2.90. The van der Waals surface area contributed by atoms with Crippen molar-refractivity contribution in [3.63, 3.8) is 0 Å². The Morgan fingerprint density at radius 3 is 2.55 bits per heavy atom. The molecule has 0 aliphatic heterocycles. The number of aromatic hydroxyl groups is 1. The van der Waals surface area contributed by atoms with Crippen LogP contribution in [-0.4, -0.2) is 20.1 Å². The van der Waals surface area contributed by atoms with E-state index in [0.29, 0.717) is 11.4 Å². The van der Waals surface area contributed by atoms with Crippen molar-refractivity contribution in [2.45, 2.75) is 0 Å². The van der Waals surface area contributed by atoms with Gasteiger partial charge in [-0.15, -0.1) is 5.10 Å². The van der Waals surface area contributed by atoms with Gasteiger partial charge in [0.15, 0.2) is 5.69 Å². The highest BCUT2D eigenvalue weighted by molar-refractivity contribution is 5.67. The van der Waals surface area contributed by atoms with Gasteiger partial charge in [-0.05, 0) is 12.1 Å². The summed E-state index contributed by atoms with van der Waals surface area (Å²) >= 11 is 0. The molecule has 0 fully saturated rings. The second kappa shape index (κ2) is 4.86. The summed E-state index contributed by atoms with van der Waals surface area (Å²) in [5.74, 6) is 0.135. The van der Waals surface area contributed by atoms with E-state index in [2.05, 4.69) is 10.3 Å². The summed E-state index contributed by atoms with van der Waals surface area (Å²) in [6.45, 7) is 0. The minimum Gasteiger partial charge on any atom is -0.508 e. The fraction of sp³-hybridized carbons (Fsp3) is 0. The van der Waals surface area contributed by atoms with Gasteiger partial charge in [-0.3, -0.25) is 0 Å². The maximum absolute atomic E-state index is 9.57. The van der Waals surface area contributed by atoms with Gasteiger partial charge in [0, 0.05) is 11.6 Å². The summed E-state index contributed by atoms with van der Waals surface area (Å²) in [6, 6.07) is 18.1. The molecule has 0 unspecified atom stereocenters. The number of benzene rings is 2. The minimum atomic E-state index is 0.135. The highest BCUT2D eigenvalue weighted by Crippen LogP contribution is 2.25. The maximum Gasteiger partial charge on any atom is 0.191 e. The summed E-state index contributed by atoms with van der Waals surface area (Å²) in [5, 5.41) is 26.6. The molecule has 1 aromatic heterocycles. The van der Waals surface area contributed by atoms with E-state index < -0.39 is 0 Å². The second-order valence-corrected chi connectivity index (χ2v) is 4.20. The van der Waals surface area contributed by atoms with Crippen LogP contribution in [0.25, 0.3) is 16.9 Å². The van der Waals surface area contributed by atoms with Crippen molar-refractivity contribution in [2.75, 3.05) is 0 Å². The largest absolute Gasteiger partial charge is 0.508 e. The molecule has 3 rings (SSSR count). The molecule has 5 heteroatoms. The van der Waals surface area contributed by atoms with Gasteiger partial charge in [-0.25, -0.2) is 4.68 Å². The average Bonchev–Trinajstić information content (AvgIpc) is 2.92. The molecular weight excluding hydrogens is 252 g/mol. The summed E-state index contributed by atoms with van der Waals surface area (Å²) < 4.78 is 1.55. The van der Waals surface area contributed by atoms with Gasteiger partial charge in [-0.1, -0.05) is 41.6 Å². The predicted octanol–water partition coefficient (Wildman–Crippen LogP) is 2.51. The molecule has 0 spiro atoms. The van der Waals surface area contributed by atoms with Crippen molar-refractivity contribution >= 4 is 0 Å². The van der Waals surface area contributed by atoms with E-state index in [1.54, 1.807) is 28.9 Å². The Morgan fingerprint density at radius 1 is 1.05 bits per heavy atom. The number of hydrogen-bond acceptors (Lipinski definition) is 4. The highest BCUT2D eigenvalue weighted by Gasteiger charge is 2.15. The van der Waals surface area contributed by atoms with Gasteiger partial charge in [0.05, 0.1) is 5.69 Å². The molecule has 0 aliphatic rings. The van der Waals surface area contributed by atoms with Gasteiger partial charge in [0.25, 0.3) is 0 Å². The van der Waals surface area contributed by atoms with Crippen LogP contribution in [0.1, 0.15) is 5.69 Å². The molecule has 5 nitrogen and oxygen atoms in total. The summed E-state index contributed by atoms with van der Waals surface area (Å²) in [6.07, 6.45) is 0. The first-order valence-electron chi connectivity index (χ1n) is 6.00. The topological polar surface area (TPSA) is 74.7 Å². The van der Waals surface area contributed by atoms with Gasteiger partial charge in [0.2, 0.25) is 0 Å². The molecule has 0 radical (unpaired) electrons.